The lowest BCUT2D eigenvalue weighted by molar-refractivity contribution is -0.124. The summed E-state index contributed by atoms with van der Waals surface area (Å²) in [6.45, 7) is 3.16. The van der Waals surface area contributed by atoms with Crippen molar-refractivity contribution in [2.24, 2.45) is 0 Å². The summed E-state index contributed by atoms with van der Waals surface area (Å²) in [4.78, 5) is 27.1. The van der Waals surface area contributed by atoms with Crippen molar-refractivity contribution in [3.8, 4) is 11.5 Å². The fourth-order valence-corrected chi connectivity index (χ4v) is 4.91. The predicted molar refractivity (Wildman–Crippen MR) is 129 cm³/mol. The monoisotopic (exact) mass is 489 g/mol. The van der Waals surface area contributed by atoms with Gasteiger partial charge in [-0.25, -0.2) is 8.42 Å². The number of anilines is 1. The van der Waals surface area contributed by atoms with Gasteiger partial charge in [0.1, 0.15) is 6.04 Å². The molecule has 1 saturated heterocycles. The lowest BCUT2D eigenvalue weighted by atomic mass is 10.1. The third kappa shape index (κ3) is 5.80. The molecule has 0 saturated carbocycles. The number of unbranched alkanes of at least 4 members (excludes halogenated alkanes) is 1. The van der Waals surface area contributed by atoms with Gasteiger partial charge < -0.3 is 19.7 Å². The Hall–Kier alpha value is -3.27. The highest BCUT2D eigenvalue weighted by atomic mass is 32.2. The van der Waals surface area contributed by atoms with Gasteiger partial charge in [0.25, 0.3) is 15.9 Å². The highest BCUT2D eigenvalue weighted by molar-refractivity contribution is 7.92. The average molecular weight is 490 g/mol. The second kappa shape index (κ2) is 11.2. The Kier molecular flexibility index (Phi) is 8.38. The van der Waals surface area contributed by atoms with Gasteiger partial charge >= 0.3 is 0 Å². The van der Waals surface area contributed by atoms with Crippen molar-refractivity contribution in [3.63, 3.8) is 0 Å². The quantitative estimate of drug-likeness (QED) is 0.496. The number of ether oxygens (including phenoxy) is 2. The second-order valence-electron chi connectivity index (χ2n) is 8.00. The molecule has 1 aliphatic heterocycles. The summed E-state index contributed by atoms with van der Waals surface area (Å²) < 4.78 is 38.4. The van der Waals surface area contributed by atoms with Crippen molar-refractivity contribution < 1.29 is 27.5 Å². The van der Waals surface area contributed by atoms with Crippen molar-refractivity contribution in [1.82, 2.24) is 10.2 Å². The molecule has 2 aromatic carbocycles. The van der Waals surface area contributed by atoms with E-state index in [0.29, 0.717) is 42.3 Å². The highest BCUT2D eigenvalue weighted by Crippen LogP contribution is 2.30. The SMILES string of the molecule is CCCCNC(=O)[C@@H]1CCCN1C(=O)c1ccc(NS(=O)(=O)c2ccc(OC)c(OC)c2)cc1. The van der Waals surface area contributed by atoms with Gasteiger partial charge in [0.15, 0.2) is 11.5 Å². The Bertz CT molecular complexity index is 1120. The molecule has 2 amide bonds. The van der Waals surface area contributed by atoms with E-state index in [2.05, 4.69) is 17.0 Å². The molecular formula is C24H31N3O6S. The smallest absolute Gasteiger partial charge is 0.262 e. The van der Waals surface area contributed by atoms with Gasteiger partial charge in [-0.3, -0.25) is 14.3 Å². The van der Waals surface area contributed by atoms with E-state index in [9.17, 15) is 18.0 Å². The Morgan fingerprint density at radius 2 is 1.76 bits per heavy atom. The van der Waals surface area contributed by atoms with E-state index in [1.54, 1.807) is 17.0 Å². The normalized spacial score (nSPS) is 15.6. The minimum atomic E-state index is -3.88. The van der Waals surface area contributed by atoms with E-state index in [1.807, 2.05) is 0 Å². The van der Waals surface area contributed by atoms with Crippen LogP contribution in [0, 0.1) is 0 Å². The first-order chi connectivity index (χ1) is 16.3. The van der Waals surface area contributed by atoms with Gasteiger partial charge in [-0.2, -0.15) is 0 Å². The number of nitrogens with one attached hydrogen (secondary N) is 2. The molecular weight excluding hydrogens is 458 g/mol. The summed E-state index contributed by atoms with van der Waals surface area (Å²) in [5.41, 5.74) is 0.698. The summed E-state index contributed by atoms with van der Waals surface area (Å²) in [6.07, 6.45) is 3.27. The van der Waals surface area contributed by atoms with Crippen molar-refractivity contribution >= 4 is 27.5 Å². The van der Waals surface area contributed by atoms with Crippen LogP contribution in [-0.2, 0) is 14.8 Å². The standard InChI is InChI=1S/C24H31N3O6S/c1-4-5-14-25-23(28)20-7-6-15-27(20)24(29)17-8-10-18(11-9-17)26-34(30,31)19-12-13-21(32-2)22(16-19)33-3/h8-13,16,20,26H,4-7,14-15H2,1-3H3,(H,25,28)/t20-/m0/s1. The molecule has 0 spiro atoms. The number of likely N-dealkylation sites (tertiary alicyclic amines) is 1. The fourth-order valence-electron chi connectivity index (χ4n) is 3.83. The van der Waals surface area contributed by atoms with E-state index in [0.717, 1.165) is 19.3 Å². The molecule has 2 N–H and O–H groups in total. The van der Waals surface area contributed by atoms with Crippen LogP contribution in [0.3, 0.4) is 0 Å². The van der Waals surface area contributed by atoms with Gasteiger partial charge in [0, 0.05) is 30.4 Å². The van der Waals surface area contributed by atoms with E-state index in [1.165, 1.54) is 44.6 Å². The summed E-state index contributed by atoms with van der Waals surface area (Å²) in [5.74, 6) is 0.342. The lowest BCUT2D eigenvalue weighted by Gasteiger charge is -2.24. The molecule has 9 nitrogen and oxygen atoms in total. The molecule has 0 unspecified atom stereocenters. The van der Waals surface area contributed by atoms with E-state index < -0.39 is 16.1 Å². The van der Waals surface area contributed by atoms with E-state index in [4.69, 9.17) is 9.47 Å². The number of carbonyl (C=O) groups is 2. The molecule has 10 heteroatoms. The molecule has 34 heavy (non-hydrogen) atoms. The van der Waals surface area contributed by atoms with Crippen LogP contribution in [0.2, 0.25) is 0 Å². The topological polar surface area (TPSA) is 114 Å². The van der Waals surface area contributed by atoms with E-state index >= 15 is 0 Å². The van der Waals surface area contributed by atoms with Crippen LogP contribution < -0.4 is 19.5 Å². The first kappa shape index (κ1) is 25.4. The number of amides is 2. The maximum absolute atomic E-state index is 13.0. The third-order valence-corrected chi connectivity index (χ3v) is 7.07. The average Bonchev–Trinajstić information content (AvgIpc) is 3.33. The van der Waals surface area contributed by atoms with Crippen LogP contribution in [0.25, 0.3) is 0 Å². The van der Waals surface area contributed by atoms with Crippen molar-refractivity contribution in [2.75, 3.05) is 32.0 Å². The molecule has 1 heterocycles. The minimum absolute atomic E-state index is 0.0132. The van der Waals surface area contributed by atoms with Crippen LogP contribution in [0.15, 0.2) is 47.4 Å². The lowest BCUT2D eigenvalue weighted by Crippen LogP contribution is -2.46. The summed E-state index contributed by atoms with van der Waals surface area (Å²) in [5, 5.41) is 2.90. The molecule has 0 bridgehead atoms. The molecule has 1 aliphatic rings. The van der Waals surface area contributed by atoms with Crippen LogP contribution in [-0.4, -0.2) is 58.5 Å². The van der Waals surface area contributed by atoms with Crippen LogP contribution in [0.1, 0.15) is 43.0 Å². The van der Waals surface area contributed by atoms with Crippen molar-refractivity contribution in [3.05, 3.63) is 48.0 Å². The molecule has 2 aromatic rings. The Morgan fingerprint density at radius 3 is 2.41 bits per heavy atom. The zero-order valence-electron chi connectivity index (χ0n) is 19.7. The largest absolute Gasteiger partial charge is 0.493 e. The molecule has 3 rings (SSSR count). The molecule has 184 valence electrons. The Balaban J connectivity index is 1.70. The van der Waals surface area contributed by atoms with Crippen molar-refractivity contribution in [1.29, 1.82) is 0 Å². The Labute approximate surface area is 200 Å². The summed E-state index contributed by atoms with van der Waals surface area (Å²) >= 11 is 0. The van der Waals surface area contributed by atoms with Crippen LogP contribution in [0.4, 0.5) is 5.69 Å². The second-order valence-corrected chi connectivity index (χ2v) is 9.68. The van der Waals surface area contributed by atoms with Gasteiger partial charge in [-0.05, 0) is 55.7 Å². The van der Waals surface area contributed by atoms with Gasteiger partial charge in [-0.1, -0.05) is 13.3 Å². The fraction of sp³-hybridized carbons (Fsp3) is 0.417. The number of nitrogens with zero attached hydrogens (tertiary/aromatic N) is 1. The minimum Gasteiger partial charge on any atom is -0.493 e. The number of hydrogen-bond donors (Lipinski definition) is 2. The maximum atomic E-state index is 13.0. The Morgan fingerprint density at radius 1 is 1.06 bits per heavy atom. The molecule has 0 aromatic heterocycles. The van der Waals surface area contributed by atoms with Gasteiger partial charge in [0.2, 0.25) is 5.91 Å². The molecule has 0 aliphatic carbocycles. The first-order valence-electron chi connectivity index (χ1n) is 11.2. The number of carbonyl (C=O) groups excluding carboxylic acids is 2. The molecule has 1 atom stereocenters. The maximum Gasteiger partial charge on any atom is 0.262 e. The summed E-state index contributed by atoms with van der Waals surface area (Å²) in [7, 11) is -0.988. The number of benzene rings is 2. The first-order valence-corrected chi connectivity index (χ1v) is 12.7. The van der Waals surface area contributed by atoms with Gasteiger partial charge in [-0.15, -0.1) is 0 Å². The van der Waals surface area contributed by atoms with Crippen LogP contribution >= 0.6 is 0 Å². The zero-order chi connectivity index (χ0) is 24.7. The highest BCUT2D eigenvalue weighted by Gasteiger charge is 2.34. The molecule has 0 radical (unpaired) electrons. The number of hydrogen-bond acceptors (Lipinski definition) is 6. The number of rotatable bonds is 10. The molecule has 1 fully saturated rings. The van der Waals surface area contributed by atoms with E-state index in [-0.39, 0.29) is 16.7 Å². The number of sulfonamides is 1. The number of methoxy groups -OCH3 is 2. The third-order valence-electron chi connectivity index (χ3n) is 5.70. The van der Waals surface area contributed by atoms with Gasteiger partial charge in [0.05, 0.1) is 19.1 Å². The van der Waals surface area contributed by atoms with Crippen LogP contribution in [0.5, 0.6) is 11.5 Å². The predicted octanol–water partition coefficient (Wildman–Crippen LogP) is 3.03. The summed E-state index contributed by atoms with van der Waals surface area (Å²) in [6, 6.07) is 9.99. The zero-order valence-corrected chi connectivity index (χ0v) is 20.5. The van der Waals surface area contributed by atoms with Crippen molar-refractivity contribution in [2.45, 2.75) is 43.5 Å².